The van der Waals surface area contributed by atoms with E-state index in [-0.39, 0.29) is 11.8 Å². The third kappa shape index (κ3) is 4.63. The molecule has 1 aliphatic heterocycles. The number of rotatable bonds is 6. The molecule has 2 rings (SSSR count). The number of carbonyl (C=O) groups excluding carboxylic acids is 1. The zero-order valence-electron chi connectivity index (χ0n) is 12.7. The summed E-state index contributed by atoms with van der Waals surface area (Å²) in [5, 5.41) is 2.91. The highest BCUT2D eigenvalue weighted by molar-refractivity contribution is 5.78. The zero-order valence-corrected chi connectivity index (χ0v) is 12.7. The summed E-state index contributed by atoms with van der Waals surface area (Å²) in [4.78, 5) is 11.9. The first-order chi connectivity index (χ1) is 10.2. The second-order valence-electron chi connectivity index (χ2n) is 5.18. The predicted molar refractivity (Wildman–Crippen MR) is 79.8 cm³/mol. The molecule has 1 amide bonds. The lowest BCUT2D eigenvalue weighted by molar-refractivity contribution is -0.127. The van der Waals surface area contributed by atoms with E-state index in [9.17, 15) is 4.79 Å². The second kappa shape index (κ2) is 7.88. The van der Waals surface area contributed by atoms with Crippen LogP contribution in [0.1, 0.15) is 18.4 Å². The zero-order chi connectivity index (χ0) is 15.1. The number of ether oxygens (including phenoxy) is 3. The average molecular weight is 293 g/mol. The van der Waals surface area contributed by atoms with Gasteiger partial charge in [-0.15, -0.1) is 0 Å². The van der Waals surface area contributed by atoms with Crippen molar-refractivity contribution in [3.63, 3.8) is 0 Å². The standard InChI is InChI=1S/C16H23NO4/c1-12-3-4-14(15(11-12)19-2)21-10-7-17-16(18)13-5-8-20-9-6-13/h3-4,11,13H,5-10H2,1-2H3,(H,17,18). The van der Waals surface area contributed by atoms with Gasteiger partial charge in [-0.3, -0.25) is 4.79 Å². The topological polar surface area (TPSA) is 56.8 Å². The van der Waals surface area contributed by atoms with E-state index in [0.717, 1.165) is 18.4 Å². The molecule has 1 N–H and O–H groups in total. The van der Waals surface area contributed by atoms with E-state index in [4.69, 9.17) is 14.2 Å². The van der Waals surface area contributed by atoms with Crippen molar-refractivity contribution in [2.24, 2.45) is 5.92 Å². The maximum absolute atomic E-state index is 11.9. The number of methoxy groups -OCH3 is 1. The van der Waals surface area contributed by atoms with E-state index in [2.05, 4.69) is 5.32 Å². The molecular weight excluding hydrogens is 270 g/mol. The number of benzene rings is 1. The van der Waals surface area contributed by atoms with Gasteiger partial charge in [-0.2, -0.15) is 0 Å². The van der Waals surface area contributed by atoms with E-state index in [1.807, 2.05) is 25.1 Å². The maximum Gasteiger partial charge on any atom is 0.223 e. The summed E-state index contributed by atoms with van der Waals surface area (Å²) < 4.78 is 16.2. The summed E-state index contributed by atoms with van der Waals surface area (Å²) >= 11 is 0. The molecule has 1 fully saturated rings. The molecule has 0 atom stereocenters. The smallest absolute Gasteiger partial charge is 0.223 e. The Balaban J connectivity index is 1.73. The molecule has 0 aliphatic carbocycles. The van der Waals surface area contributed by atoms with Gasteiger partial charge in [0, 0.05) is 19.1 Å². The third-order valence-corrected chi connectivity index (χ3v) is 3.57. The molecule has 0 saturated carbocycles. The number of hydrogen-bond donors (Lipinski definition) is 1. The average Bonchev–Trinajstić information content (AvgIpc) is 2.53. The molecule has 0 radical (unpaired) electrons. The van der Waals surface area contributed by atoms with Gasteiger partial charge in [0.2, 0.25) is 5.91 Å². The third-order valence-electron chi connectivity index (χ3n) is 3.57. The maximum atomic E-state index is 11.9. The van der Waals surface area contributed by atoms with Gasteiger partial charge in [-0.1, -0.05) is 6.07 Å². The van der Waals surface area contributed by atoms with E-state index in [1.165, 1.54) is 0 Å². The lowest BCUT2D eigenvalue weighted by atomic mass is 9.99. The highest BCUT2D eigenvalue weighted by atomic mass is 16.5. The van der Waals surface area contributed by atoms with Gasteiger partial charge in [0.15, 0.2) is 11.5 Å². The molecule has 5 nitrogen and oxygen atoms in total. The van der Waals surface area contributed by atoms with E-state index < -0.39 is 0 Å². The lowest BCUT2D eigenvalue weighted by Crippen LogP contribution is -2.36. The molecule has 0 bridgehead atoms. The van der Waals surface area contributed by atoms with Crippen molar-refractivity contribution in [1.29, 1.82) is 0 Å². The van der Waals surface area contributed by atoms with Gasteiger partial charge in [0.05, 0.1) is 13.7 Å². The van der Waals surface area contributed by atoms with Gasteiger partial charge in [-0.25, -0.2) is 0 Å². The monoisotopic (exact) mass is 293 g/mol. The van der Waals surface area contributed by atoms with Crippen molar-refractivity contribution in [1.82, 2.24) is 5.32 Å². The molecule has 116 valence electrons. The summed E-state index contributed by atoms with van der Waals surface area (Å²) in [5.41, 5.74) is 1.12. The summed E-state index contributed by atoms with van der Waals surface area (Å²) in [6, 6.07) is 5.78. The second-order valence-corrected chi connectivity index (χ2v) is 5.18. The Morgan fingerprint density at radius 2 is 2.10 bits per heavy atom. The largest absolute Gasteiger partial charge is 0.493 e. The molecule has 1 aliphatic rings. The highest BCUT2D eigenvalue weighted by Crippen LogP contribution is 2.27. The van der Waals surface area contributed by atoms with Crippen LogP contribution in [-0.4, -0.2) is 39.4 Å². The van der Waals surface area contributed by atoms with Crippen LogP contribution in [0.4, 0.5) is 0 Å². The van der Waals surface area contributed by atoms with Crippen LogP contribution in [0.5, 0.6) is 11.5 Å². The van der Waals surface area contributed by atoms with Crippen LogP contribution in [0.3, 0.4) is 0 Å². The summed E-state index contributed by atoms with van der Waals surface area (Å²) in [6.07, 6.45) is 1.61. The van der Waals surface area contributed by atoms with Crippen LogP contribution in [0.15, 0.2) is 18.2 Å². The fraction of sp³-hybridized carbons (Fsp3) is 0.562. The number of aryl methyl sites for hydroxylation is 1. The van der Waals surface area contributed by atoms with Crippen molar-refractivity contribution in [3.8, 4) is 11.5 Å². The molecule has 21 heavy (non-hydrogen) atoms. The number of hydrogen-bond acceptors (Lipinski definition) is 4. The van der Waals surface area contributed by atoms with Crippen molar-refractivity contribution in [3.05, 3.63) is 23.8 Å². The quantitative estimate of drug-likeness (QED) is 0.814. The Hall–Kier alpha value is -1.75. The molecule has 0 spiro atoms. The fourth-order valence-corrected chi connectivity index (χ4v) is 2.33. The molecule has 5 heteroatoms. The molecule has 0 aromatic heterocycles. The minimum absolute atomic E-state index is 0.0765. The Morgan fingerprint density at radius 3 is 2.81 bits per heavy atom. The number of carbonyl (C=O) groups is 1. The van der Waals surface area contributed by atoms with Crippen LogP contribution in [0.2, 0.25) is 0 Å². The Morgan fingerprint density at radius 1 is 1.33 bits per heavy atom. The van der Waals surface area contributed by atoms with Crippen LogP contribution >= 0.6 is 0 Å². The Kier molecular flexibility index (Phi) is 5.87. The lowest BCUT2D eigenvalue weighted by Gasteiger charge is -2.21. The van der Waals surface area contributed by atoms with Crippen molar-refractivity contribution < 1.29 is 19.0 Å². The van der Waals surface area contributed by atoms with Gasteiger partial charge in [-0.05, 0) is 37.5 Å². The Labute approximate surface area is 125 Å². The van der Waals surface area contributed by atoms with E-state index in [0.29, 0.717) is 37.9 Å². The number of amides is 1. The van der Waals surface area contributed by atoms with Gasteiger partial charge < -0.3 is 19.5 Å². The molecule has 1 saturated heterocycles. The Bertz CT molecular complexity index is 469. The van der Waals surface area contributed by atoms with Crippen LogP contribution < -0.4 is 14.8 Å². The van der Waals surface area contributed by atoms with Crippen molar-refractivity contribution in [2.75, 3.05) is 33.5 Å². The van der Waals surface area contributed by atoms with Crippen LogP contribution in [-0.2, 0) is 9.53 Å². The van der Waals surface area contributed by atoms with Gasteiger partial charge in [0.25, 0.3) is 0 Å². The molecule has 0 unspecified atom stereocenters. The number of nitrogens with one attached hydrogen (secondary N) is 1. The first-order valence-corrected chi connectivity index (χ1v) is 7.33. The minimum Gasteiger partial charge on any atom is -0.493 e. The van der Waals surface area contributed by atoms with Crippen molar-refractivity contribution >= 4 is 5.91 Å². The van der Waals surface area contributed by atoms with Crippen LogP contribution in [0, 0.1) is 12.8 Å². The summed E-state index contributed by atoms with van der Waals surface area (Å²) in [7, 11) is 1.62. The first kappa shape index (κ1) is 15.6. The van der Waals surface area contributed by atoms with E-state index in [1.54, 1.807) is 7.11 Å². The highest BCUT2D eigenvalue weighted by Gasteiger charge is 2.20. The van der Waals surface area contributed by atoms with E-state index >= 15 is 0 Å². The molecule has 1 heterocycles. The van der Waals surface area contributed by atoms with Crippen molar-refractivity contribution in [2.45, 2.75) is 19.8 Å². The normalized spacial score (nSPS) is 15.5. The fourth-order valence-electron chi connectivity index (χ4n) is 2.33. The molecule has 1 aromatic rings. The molecule has 1 aromatic carbocycles. The first-order valence-electron chi connectivity index (χ1n) is 7.33. The SMILES string of the molecule is COc1cc(C)ccc1OCCNC(=O)C1CCOCC1. The summed E-state index contributed by atoms with van der Waals surface area (Å²) in [5.74, 6) is 1.58. The summed E-state index contributed by atoms with van der Waals surface area (Å²) in [6.45, 7) is 4.27. The van der Waals surface area contributed by atoms with Gasteiger partial charge >= 0.3 is 0 Å². The van der Waals surface area contributed by atoms with Gasteiger partial charge in [0.1, 0.15) is 6.61 Å². The molecular formula is C16H23NO4. The minimum atomic E-state index is 0.0765. The van der Waals surface area contributed by atoms with Crippen LogP contribution in [0.25, 0.3) is 0 Å². The predicted octanol–water partition coefficient (Wildman–Crippen LogP) is 1.93.